The van der Waals surface area contributed by atoms with Crippen LogP contribution in [-0.2, 0) is 4.79 Å². The van der Waals surface area contributed by atoms with Gasteiger partial charge in [-0.1, -0.05) is 25.0 Å². The maximum atomic E-state index is 12.3. The fraction of sp³-hybridized carbons (Fsp3) is 0.429. The lowest BCUT2D eigenvalue weighted by molar-refractivity contribution is -0.116. The fourth-order valence-electron chi connectivity index (χ4n) is 3.33. The van der Waals surface area contributed by atoms with Crippen LogP contribution >= 0.6 is 0 Å². The highest BCUT2D eigenvalue weighted by Crippen LogP contribution is 2.28. The number of anilines is 2. The number of benzene rings is 1. The minimum atomic E-state index is -0.257. The number of carbonyl (C=O) groups excluding carboxylic acids is 2. The molecule has 0 aliphatic carbocycles. The molecular formula is C21H27N3O3. The van der Waals surface area contributed by atoms with Gasteiger partial charge in [-0.3, -0.25) is 9.59 Å². The average Bonchev–Trinajstić information content (AvgIpc) is 3.09. The minimum Gasteiger partial charge on any atom is -0.459 e. The molecule has 0 bridgehead atoms. The van der Waals surface area contributed by atoms with Gasteiger partial charge in [0.05, 0.1) is 17.6 Å². The van der Waals surface area contributed by atoms with Crippen molar-refractivity contribution in [2.45, 2.75) is 38.5 Å². The minimum absolute atomic E-state index is 0.0375. The van der Waals surface area contributed by atoms with Gasteiger partial charge in [0.25, 0.3) is 5.91 Å². The van der Waals surface area contributed by atoms with E-state index in [2.05, 4.69) is 21.6 Å². The van der Waals surface area contributed by atoms with E-state index in [0.29, 0.717) is 19.4 Å². The summed E-state index contributed by atoms with van der Waals surface area (Å²) < 4.78 is 5.04. The monoisotopic (exact) mass is 369 g/mol. The SMILES string of the molecule is O=C(CCCNC(=O)c1ccco1)Nc1ccccc1N1CCCCCC1. The Kier molecular flexibility index (Phi) is 6.90. The van der Waals surface area contributed by atoms with Crippen LogP contribution in [0.5, 0.6) is 0 Å². The van der Waals surface area contributed by atoms with E-state index in [9.17, 15) is 9.59 Å². The van der Waals surface area contributed by atoms with Gasteiger partial charge >= 0.3 is 0 Å². The predicted octanol–water partition coefficient (Wildman–Crippen LogP) is 3.81. The second-order valence-corrected chi connectivity index (χ2v) is 6.80. The zero-order chi connectivity index (χ0) is 18.9. The summed E-state index contributed by atoms with van der Waals surface area (Å²) in [5, 5.41) is 5.79. The molecule has 2 aromatic rings. The van der Waals surface area contributed by atoms with Crippen LogP contribution in [0.25, 0.3) is 0 Å². The standard InChI is InChI=1S/C21H27N3O3/c25-20(12-7-13-22-21(26)19-11-8-16-27-19)23-17-9-3-4-10-18(17)24-14-5-1-2-6-15-24/h3-4,8-11,16H,1-2,5-7,12-15H2,(H,22,26)(H,23,25). The summed E-state index contributed by atoms with van der Waals surface area (Å²) in [5.74, 6) is -0.0118. The number of hydrogen-bond donors (Lipinski definition) is 2. The average molecular weight is 369 g/mol. The topological polar surface area (TPSA) is 74.6 Å². The van der Waals surface area contributed by atoms with E-state index in [1.807, 2.05) is 18.2 Å². The zero-order valence-electron chi connectivity index (χ0n) is 15.6. The van der Waals surface area contributed by atoms with Crippen molar-refractivity contribution < 1.29 is 14.0 Å². The molecule has 144 valence electrons. The van der Waals surface area contributed by atoms with E-state index in [1.54, 1.807) is 12.1 Å². The van der Waals surface area contributed by atoms with Crippen LogP contribution in [0.1, 0.15) is 49.1 Å². The molecule has 6 heteroatoms. The number of amides is 2. The highest BCUT2D eigenvalue weighted by atomic mass is 16.3. The summed E-state index contributed by atoms with van der Waals surface area (Å²) >= 11 is 0. The van der Waals surface area contributed by atoms with Crippen LogP contribution in [0.3, 0.4) is 0 Å². The number of furan rings is 1. The maximum absolute atomic E-state index is 12.3. The van der Waals surface area contributed by atoms with Crippen molar-refractivity contribution in [1.82, 2.24) is 5.32 Å². The predicted molar refractivity (Wildman–Crippen MR) is 106 cm³/mol. The normalized spacial score (nSPS) is 14.4. The zero-order valence-corrected chi connectivity index (χ0v) is 15.6. The molecular weight excluding hydrogens is 342 g/mol. The van der Waals surface area contributed by atoms with Crippen molar-refractivity contribution in [1.29, 1.82) is 0 Å². The summed E-state index contributed by atoms with van der Waals surface area (Å²) in [6.45, 7) is 2.50. The molecule has 1 aliphatic rings. The van der Waals surface area contributed by atoms with Crippen molar-refractivity contribution in [2.75, 3.05) is 29.9 Å². The van der Waals surface area contributed by atoms with Gasteiger partial charge in [0.2, 0.25) is 5.91 Å². The van der Waals surface area contributed by atoms with E-state index >= 15 is 0 Å². The Hall–Kier alpha value is -2.76. The summed E-state index contributed by atoms with van der Waals surface area (Å²) in [4.78, 5) is 26.5. The lowest BCUT2D eigenvalue weighted by Crippen LogP contribution is -2.26. The van der Waals surface area contributed by atoms with E-state index in [0.717, 1.165) is 24.5 Å². The summed E-state index contributed by atoms with van der Waals surface area (Å²) in [7, 11) is 0. The Labute approximate surface area is 159 Å². The summed E-state index contributed by atoms with van der Waals surface area (Å²) in [6, 6.07) is 11.3. The fourth-order valence-corrected chi connectivity index (χ4v) is 3.33. The molecule has 3 rings (SSSR count). The van der Waals surface area contributed by atoms with Gasteiger partial charge in [-0.15, -0.1) is 0 Å². The van der Waals surface area contributed by atoms with Crippen LogP contribution in [0.15, 0.2) is 47.1 Å². The molecule has 2 amide bonds. The highest BCUT2D eigenvalue weighted by Gasteiger charge is 2.15. The van der Waals surface area contributed by atoms with E-state index < -0.39 is 0 Å². The number of rotatable bonds is 7. The van der Waals surface area contributed by atoms with Crippen LogP contribution < -0.4 is 15.5 Å². The second kappa shape index (κ2) is 9.80. The highest BCUT2D eigenvalue weighted by molar-refractivity contribution is 5.94. The first-order chi connectivity index (χ1) is 13.2. The Morgan fingerprint density at radius 1 is 1.00 bits per heavy atom. The van der Waals surface area contributed by atoms with Crippen LogP contribution in [0, 0.1) is 0 Å². The van der Waals surface area contributed by atoms with Crippen molar-refractivity contribution in [3.8, 4) is 0 Å². The van der Waals surface area contributed by atoms with Gasteiger partial charge in [0.15, 0.2) is 5.76 Å². The molecule has 0 atom stereocenters. The van der Waals surface area contributed by atoms with Crippen molar-refractivity contribution in [2.24, 2.45) is 0 Å². The van der Waals surface area contributed by atoms with E-state index in [-0.39, 0.29) is 17.6 Å². The van der Waals surface area contributed by atoms with Gasteiger partial charge in [-0.05, 0) is 43.5 Å². The largest absolute Gasteiger partial charge is 0.459 e. The number of hydrogen-bond acceptors (Lipinski definition) is 4. The van der Waals surface area contributed by atoms with Crippen LogP contribution in [0.2, 0.25) is 0 Å². The van der Waals surface area contributed by atoms with Crippen LogP contribution in [0.4, 0.5) is 11.4 Å². The third-order valence-electron chi connectivity index (χ3n) is 4.74. The third-order valence-corrected chi connectivity index (χ3v) is 4.74. The molecule has 1 aromatic heterocycles. The first-order valence-electron chi connectivity index (χ1n) is 9.69. The maximum Gasteiger partial charge on any atom is 0.286 e. The Balaban J connectivity index is 1.47. The first kappa shape index (κ1) is 19.0. The van der Waals surface area contributed by atoms with Gasteiger partial charge in [-0.2, -0.15) is 0 Å². The number of nitrogens with one attached hydrogen (secondary N) is 2. The van der Waals surface area contributed by atoms with Crippen molar-refractivity contribution >= 4 is 23.2 Å². The van der Waals surface area contributed by atoms with Crippen molar-refractivity contribution in [3.05, 3.63) is 48.4 Å². The Bertz CT molecular complexity index is 735. The molecule has 6 nitrogen and oxygen atoms in total. The van der Waals surface area contributed by atoms with Gasteiger partial charge in [-0.25, -0.2) is 0 Å². The second-order valence-electron chi connectivity index (χ2n) is 6.80. The lowest BCUT2D eigenvalue weighted by Gasteiger charge is -2.25. The molecule has 0 unspecified atom stereocenters. The van der Waals surface area contributed by atoms with Gasteiger partial charge in [0.1, 0.15) is 0 Å². The summed E-state index contributed by atoms with van der Waals surface area (Å²) in [6.07, 6.45) is 7.32. The number of carbonyl (C=O) groups is 2. The van der Waals surface area contributed by atoms with Crippen LogP contribution in [-0.4, -0.2) is 31.4 Å². The van der Waals surface area contributed by atoms with Gasteiger partial charge in [0, 0.05) is 26.1 Å². The number of para-hydroxylation sites is 2. The molecule has 0 saturated carbocycles. The lowest BCUT2D eigenvalue weighted by atomic mass is 10.2. The molecule has 1 aromatic carbocycles. The molecule has 2 heterocycles. The molecule has 1 aliphatic heterocycles. The molecule has 1 saturated heterocycles. The van der Waals surface area contributed by atoms with E-state index in [1.165, 1.54) is 31.9 Å². The van der Waals surface area contributed by atoms with Crippen molar-refractivity contribution in [3.63, 3.8) is 0 Å². The molecule has 27 heavy (non-hydrogen) atoms. The quantitative estimate of drug-likeness (QED) is 0.728. The third kappa shape index (κ3) is 5.61. The first-order valence-corrected chi connectivity index (χ1v) is 9.69. The van der Waals surface area contributed by atoms with E-state index in [4.69, 9.17) is 4.42 Å². The Morgan fingerprint density at radius 2 is 1.78 bits per heavy atom. The Morgan fingerprint density at radius 3 is 2.52 bits per heavy atom. The smallest absolute Gasteiger partial charge is 0.286 e. The molecule has 2 N–H and O–H groups in total. The molecule has 0 spiro atoms. The van der Waals surface area contributed by atoms with Gasteiger partial charge < -0.3 is 20.0 Å². The molecule has 0 radical (unpaired) electrons. The summed E-state index contributed by atoms with van der Waals surface area (Å²) in [5.41, 5.74) is 1.96. The number of nitrogens with zero attached hydrogens (tertiary/aromatic N) is 1. The molecule has 1 fully saturated rings.